The summed E-state index contributed by atoms with van der Waals surface area (Å²) in [5.74, 6) is 0.495. The van der Waals surface area contributed by atoms with E-state index < -0.39 is 0 Å². The molecule has 0 aromatic heterocycles. The van der Waals surface area contributed by atoms with Crippen LogP contribution in [0.15, 0.2) is 72.8 Å². The second kappa shape index (κ2) is 9.00. The standard InChI is InChI=1S/C25H27N3O3/c1-27(19-8-4-3-5-9-19)22-11-7-6-10-21(22)26-25(30)28(20-13-14-20)17-18-12-15-23(29)24(16-18)31-2/h3-12,15-16,20,29H,13-14,17H2,1-2H3,(H,26,30). The summed E-state index contributed by atoms with van der Waals surface area (Å²) in [6.45, 7) is 0.448. The summed E-state index contributed by atoms with van der Waals surface area (Å²) in [6, 6.07) is 23.1. The molecule has 3 aromatic rings. The molecule has 0 aliphatic heterocycles. The highest BCUT2D eigenvalue weighted by Crippen LogP contribution is 2.34. The van der Waals surface area contributed by atoms with E-state index in [1.54, 1.807) is 12.1 Å². The van der Waals surface area contributed by atoms with Crippen LogP contribution in [0.2, 0.25) is 0 Å². The van der Waals surface area contributed by atoms with Crippen molar-refractivity contribution in [3.8, 4) is 11.5 Å². The van der Waals surface area contributed by atoms with Gasteiger partial charge in [-0.3, -0.25) is 0 Å². The van der Waals surface area contributed by atoms with Crippen LogP contribution >= 0.6 is 0 Å². The lowest BCUT2D eigenvalue weighted by Crippen LogP contribution is -2.36. The van der Waals surface area contributed by atoms with Gasteiger partial charge >= 0.3 is 6.03 Å². The number of phenols is 1. The van der Waals surface area contributed by atoms with Crippen molar-refractivity contribution in [2.45, 2.75) is 25.4 Å². The van der Waals surface area contributed by atoms with Gasteiger partial charge < -0.3 is 25.0 Å². The van der Waals surface area contributed by atoms with Gasteiger partial charge in [0.15, 0.2) is 11.5 Å². The zero-order chi connectivity index (χ0) is 21.8. The number of carbonyl (C=O) groups is 1. The molecule has 1 aliphatic rings. The molecule has 4 rings (SSSR count). The number of hydrogen-bond acceptors (Lipinski definition) is 4. The number of rotatable bonds is 7. The average Bonchev–Trinajstić information content (AvgIpc) is 3.64. The highest BCUT2D eigenvalue weighted by Gasteiger charge is 2.33. The van der Waals surface area contributed by atoms with Crippen molar-refractivity contribution in [1.82, 2.24) is 4.90 Å². The van der Waals surface area contributed by atoms with E-state index in [1.807, 2.05) is 72.6 Å². The van der Waals surface area contributed by atoms with Gasteiger partial charge in [-0.2, -0.15) is 0 Å². The van der Waals surface area contributed by atoms with Gasteiger partial charge in [-0.15, -0.1) is 0 Å². The summed E-state index contributed by atoms with van der Waals surface area (Å²) in [6.07, 6.45) is 1.99. The summed E-state index contributed by atoms with van der Waals surface area (Å²) in [5.41, 5.74) is 3.63. The SMILES string of the molecule is COc1cc(CN(C(=O)Nc2ccccc2N(C)c2ccccc2)C2CC2)ccc1O. The van der Waals surface area contributed by atoms with E-state index in [4.69, 9.17) is 4.74 Å². The number of anilines is 3. The fraction of sp³-hybridized carbons (Fsp3) is 0.240. The molecule has 1 saturated carbocycles. The molecule has 3 aromatic carbocycles. The molecule has 31 heavy (non-hydrogen) atoms. The minimum Gasteiger partial charge on any atom is -0.504 e. The molecular formula is C25H27N3O3. The molecule has 160 valence electrons. The molecule has 0 spiro atoms. The average molecular weight is 418 g/mol. The molecule has 1 fully saturated rings. The molecule has 0 saturated heterocycles. The van der Waals surface area contributed by atoms with Crippen LogP contribution in [0.5, 0.6) is 11.5 Å². The molecular weight excluding hydrogens is 390 g/mol. The molecule has 1 aliphatic carbocycles. The minimum atomic E-state index is -0.136. The van der Waals surface area contributed by atoms with Gasteiger partial charge in [0.25, 0.3) is 0 Å². The molecule has 0 bridgehead atoms. The Kier molecular flexibility index (Phi) is 5.98. The Bertz CT molecular complexity index is 1050. The number of carbonyl (C=O) groups excluding carboxylic acids is 1. The lowest BCUT2D eigenvalue weighted by molar-refractivity contribution is 0.206. The summed E-state index contributed by atoms with van der Waals surface area (Å²) >= 11 is 0. The zero-order valence-corrected chi connectivity index (χ0v) is 17.8. The number of aromatic hydroxyl groups is 1. The van der Waals surface area contributed by atoms with Crippen LogP contribution in [0.25, 0.3) is 0 Å². The summed E-state index contributed by atoms with van der Waals surface area (Å²) in [7, 11) is 3.51. The topological polar surface area (TPSA) is 65.0 Å². The second-order valence-electron chi connectivity index (χ2n) is 7.71. The van der Waals surface area contributed by atoms with Crippen LogP contribution < -0.4 is 15.0 Å². The van der Waals surface area contributed by atoms with Gasteiger partial charge in [-0.25, -0.2) is 4.79 Å². The van der Waals surface area contributed by atoms with E-state index >= 15 is 0 Å². The molecule has 0 radical (unpaired) electrons. The maximum atomic E-state index is 13.2. The molecule has 2 amide bonds. The van der Waals surface area contributed by atoms with Gasteiger partial charge in [-0.1, -0.05) is 36.4 Å². The van der Waals surface area contributed by atoms with Crippen LogP contribution in [0.4, 0.5) is 21.9 Å². The van der Waals surface area contributed by atoms with Gasteiger partial charge in [-0.05, 0) is 54.8 Å². The van der Waals surface area contributed by atoms with E-state index in [0.29, 0.717) is 12.3 Å². The number of ether oxygens (including phenoxy) is 1. The van der Waals surface area contributed by atoms with Crippen LogP contribution in [0.3, 0.4) is 0 Å². The molecule has 0 atom stereocenters. The number of nitrogens with one attached hydrogen (secondary N) is 1. The summed E-state index contributed by atoms with van der Waals surface area (Å²) in [5, 5.41) is 13.0. The van der Waals surface area contributed by atoms with Crippen molar-refractivity contribution in [1.29, 1.82) is 0 Å². The number of methoxy groups -OCH3 is 1. The number of benzene rings is 3. The van der Waals surface area contributed by atoms with Crippen molar-refractivity contribution >= 4 is 23.1 Å². The number of nitrogens with zero attached hydrogens (tertiary/aromatic N) is 2. The maximum Gasteiger partial charge on any atom is 0.322 e. The number of amides is 2. The van der Waals surface area contributed by atoms with Crippen molar-refractivity contribution in [2.24, 2.45) is 0 Å². The number of phenolic OH excluding ortho intramolecular Hbond substituents is 1. The van der Waals surface area contributed by atoms with E-state index in [2.05, 4.69) is 10.2 Å². The number of para-hydroxylation sites is 3. The Morgan fingerprint density at radius 2 is 1.77 bits per heavy atom. The molecule has 0 heterocycles. The number of urea groups is 1. The lowest BCUT2D eigenvalue weighted by Gasteiger charge is -2.26. The minimum absolute atomic E-state index is 0.0894. The zero-order valence-electron chi connectivity index (χ0n) is 17.8. The largest absolute Gasteiger partial charge is 0.504 e. The molecule has 2 N–H and O–H groups in total. The number of hydrogen-bond donors (Lipinski definition) is 2. The smallest absolute Gasteiger partial charge is 0.322 e. The first-order valence-corrected chi connectivity index (χ1v) is 10.4. The third-order valence-corrected chi connectivity index (χ3v) is 5.50. The van der Waals surface area contributed by atoms with E-state index in [1.165, 1.54) is 7.11 Å². The molecule has 0 unspecified atom stereocenters. The molecule has 6 heteroatoms. The van der Waals surface area contributed by atoms with Crippen molar-refractivity contribution in [3.63, 3.8) is 0 Å². The van der Waals surface area contributed by atoms with Crippen LogP contribution in [0, 0.1) is 0 Å². The second-order valence-corrected chi connectivity index (χ2v) is 7.71. The molecule has 6 nitrogen and oxygen atoms in total. The predicted molar refractivity (Wildman–Crippen MR) is 123 cm³/mol. The Labute approximate surface area is 182 Å². The Morgan fingerprint density at radius 3 is 2.48 bits per heavy atom. The van der Waals surface area contributed by atoms with E-state index in [-0.39, 0.29) is 17.8 Å². The van der Waals surface area contributed by atoms with E-state index in [9.17, 15) is 9.90 Å². The quantitative estimate of drug-likeness (QED) is 0.543. The summed E-state index contributed by atoms with van der Waals surface area (Å²) in [4.78, 5) is 17.2. The maximum absolute atomic E-state index is 13.2. The first-order valence-electron chi connectivity index (χ1n) is 10.4. The van der Waals surface area contributed by atoms with Gasteiger partial charge in [0.1, 0.15) is 0 Å². The highest BCUT2D eigenvalue weighted by molar-refractivity contribution is 5.94. The third-order valence-electron chi connectivity index (χ3n) is 5.50. The van der Waals surface area contributed by atoms with Gasteiger partial charge in [0.2, 0.25) is 0 Å². The van der Waals surface area contributed by atoms with Crippen LogP contribution in [0.1, 0.15) is 18.4 Å². The third kappa shape index (κ3) is 4.74. The van der Waals surface area contributed by atoms with Crippen LogP contribution in [-0.4, -0.2) is 36.2 Å². The lowest BCUT2D eigenvalue weighted by atomic mass is 10.2. The Hall–Kier alpha value is -3.67. The fourth-order valence-corrected chi connectivity index (χ4v) is 3.62. The Balaban J connectivity index is 1.54. The Morgan fingerprint density at radius 1 is 1.06 bits per heavy atom. The van der Waals surface area contributed by atoms with Crippen molar-refractivity contribution in [2.75, 3.05) is 24.4 Å². The predicted octanol–water partition coefficient (Wildman–Crippen LogP) is 5.37. The first kappa shape index (κ1) is 20.6. The normalized spacial score (nSPS) is 12.8. The van der Waals surface area contributed by atoms with Crippen molar-refractivity contribution < 1.29 is 14.6 Å². The highest BCUT2D eigenvalue weighted by atomic mass is 16.5. The van der Waals surface area contributed by atoms with Crippen LogP contribution in [-0.2, 0) is 6.54 Å². The van der Waals surface area contributed by atoms with Gasteiger partial charge in [0.05, 0.1) is 18.5 Å². The first-order chi connectivity index (χ1) is 15.1. The van der Waals surface area contributed by atoms with E-state index in [0.717, 1.165) is 35.5 Å². The van der Waals surface area contributed by atoms with Gasteiger partial charge in [0, 0.05) is 25.3 Å². The summed E-state index contributed by atoms with van der Waals surface area (Å²) < 4.78 is 5.21. The fourth-order valence-electron chi connectivity index (χ4n) is 3.62. The van der Waals surface area contributed by atoms with Crippen molar-refractivity contribution in [3.05, 3.63) is 78.4 Å². The monoisotopic (exact) mass is 417 g/mol.